The quantitative estimate of drug-likeness (QED) is 0.807. The Labute approximate surface area is 109 Å². The molecule has 94 valence electrons. The van der Waals surface area contributed by atoms with E-state index in [1.807, 2.05) is 13.8 Å². The number of nitrogens with one attached hydrogen (secondary N) is 1. The van der Waals surface area contributed by atoms with Gasteiger partial charge >= 0.3 is 0 Å². The van der Waals surface area contributed by atoms with Gasteiger partial charge in [-0.3, -0.25) is 0 Å². The third-order valence-corrected chi connectivity index (χ3v) is 3.52. The third kappa shape index (κ3) is 3.01. The molecule has 2 rings (SSSR count). The molecule has 0 atom stereocenters. The van der Waals surface area contributed by atoms with Crippen LogP contribution in [0.4, 0.5) is 14.5 Å². The monoisotopic (exact) mass is 265 g/mol. The Kier molecular flexibility index (Phi) is 3.87. The summed E-state index contributed by atoms with van der Waals surface area (Å²) in [4.78, 5) is 0.502. The van der Waals surface area contributed by atoms with E-state index in [9.17, 15) is 8.78 Å². The van der Waals surface area contributed by atoms with Gasteiger partial charge in [-0.05, 0) is 67.3 Å². The van der Waals surface area contributed by atoms with Crippen molar-refractivity contribution >= 4 is 17.6 Å². The van der Waals surface area contributed by atoms with Gasteiger partial charge in [0.15, 0.2) is 0 Å². The summed E-state index contributed by atoms with van der Waals surface area (Å²) >= 11 is 1.14. The van der Waals surface area contributed by atoms with Gasteiger partial charge in [-0.2, -0.15) is 0 Å². The maximum absolute atomic E-state index is 13.7. The Hall–Kier alpha value is -1.55. The van der Waals surface area contributed by atoms with Crippen molar-refractivity contribution in [3.05, 3.63) is 59.2 Å². The Morgan fingerprint density at radius 2 is 1.72 bits per heavy atom. The third-order valence-electron chi connectivity index (χ3n) is 2.65. The molecule has 0 unspecified atom stereocenters. The number of benzene rings is 2. The highest BCUT2D eigenvalue weighted by atomic mass is 32.2. The first kappa shape index (κ1) is 12.9. The van der Waals surface area contributed by atoms with Crippen molar-refractivity contribution in [2.24, 2.45) is 0 Å². The fourth-order valence-electron chi connectivity index (χ4n) is 1.50. The smallest absolute Gasteiger partial charge is 0.138 e. The molecule has 1 N–H and O–H groups in total. The SMILES string of the molecule is Cc1cc(F)c(SNc2cccc(F)c2)cc1C. The van der Waals surface area contributed by atoms with E-state index in [2.05, 4.69) is 4.72 Å². The van der Waals surface area contributed by atoms with Crippen LogP contribution in [0.3, 0.4) is 0 Å². The van der Waals surface area contributed by atoms with Crippen LogP contribution in [0, 0.1) is 25.5 Å². The first-order valence-corrected chi connectivity index (χ1v) is 6.33. The molecule has 0 spiro atoms. The maximum atomic E-state index is 13.7. The molecule has 0 aliphatic heterocycles. The zero-order valence-electron chi connectivity index (χ0n) is 10.1. The zero-order chi connectivity index (χ0) is 13.1. The topological polar surface area (TPSA) is 12.0 Å². The molecule has 0 amide bonds. The van der Waals surface area contributed by atoms with Crippen molar-refractivity contribution in [3.63, 3.8) is 0 Å². The Morgan fingerprint density at radius 1 is 1.00 bits per heavy atom. The summed E-state index contributed by atoms with van der Waals surface area (Å²) in [6.45, 7) is 3.80. The number of halogens is 2. The van der Waals surface area contributed by atoms with Gasteiger partial charge in [-0.15, -0.1) is 0 Å². The van der Waals surface area contributed by atoms with E-state index >= 15 is 0 Å². The van der Waals surface area contributed by atoms with Crippen LogP contribution in [-0.4, -0.2) is 0 Å². The average Bonchev–Trinajstić information content (AvgIpc) is 2.32. The van der Waals surface area contributed by atoms with E-state index in [1.165, 1.54) is 18.2 Å². The van der Waals surface area contributed by atoms with Crippen molar-refractivity contribution < 1.29 is 8.78 Å². The summed E-state index contributed by atoms with van der Waals surface area (Å²) in [5.41, 5.74) is 2.56. The minimum Gasteiger partial charge on any atom is -0.325 e. The second-order valence-corrected chi connectivity index (χ2v) is 4.93. The fourth-order valence-corrected chi connectivity index (χ4v) is 2.25. The van der Waals surface area contributed by atoms with Gasteiger partial charge in [-0.1, -0.05) is 6.07 Å². The van der Waals surface area contributed by atoms with Crippen LogP contribution in [0.2, 0.25) is 0 Å². The Morgan fingerprint density at radius 3 is 2.44 bits per heavy atom. The number of rotatable bonds is 3. The summed E-state index contributed by atoms with van der Waals surface area (Å²) in [5, 5.41) is 0. The first-order chi connectivity index (χ1) is 8.56. The van der Waals surface area contributed by atoms with E-state index < -0.39 is 0 Å². The van der Waals surface area contributed by atoms with Crippen LogP contribution in [0.5, 0.6) is 0 Å². The second-order valence-electron chi connectivity index (χ2n) is 4.08. The van der Waals surface area contributed by atoms with Crippen molar-refractivity contribution in [1.82, 2.24) is 0 Å². The van der Waals surface area contributed by atoms with Crippen molar-refractivity contribution in [1.29, 1.82) is 0 Å². The molecule has 0 aliphatic rings. The maximum Gasteiger partial charge on any atom is 0.138 e. The van der Waals surface area contributed by atoms with Crippen molar-refractivity contribution in [2.75, 3.05) is 4.72 Å². The van der Waals surface area contributed by atoms with E-state index in [0.717, 1.165) is 23.1 Å². The highest BCUT2D eigenvalue weighted by Crippen LogP contribution is 2.26. The molecule has 0 radical (unpaired) electrons. The molecular formula is C14H13F2NS. The molecule has 0 aromatic heterocycles. The molecule has 0 aliphatic carbocycles. The molecule has 0 heterocycles. The standard InChI is InChI=1S/C14H13F2NS/c1-9-6-13(16)14(7-10(9)2)18-17-12-5-3-4-11(15)8-12/h3-8,17H,1-2H3. The van der Waals surface area contributed by atoms with Crippen LogP contribution in [0.1, 0.15) is 11.1 Å². The largest absolute Gasteiger partial charge is 0.325 e. The molecule has 4 heteroatoms. The van der Waals surface area contributed by atoms with E-state index in [4.69, 9.17) is 0 Å². The van der Waals surface area contributed by atoms with Crippen LogP contribution in [0.15, 0.2) is 41.3 Å². The molecule has 2 aromatic rings. The minimum absolute atomic E-state index is 0.271. The van der Waals surface area contributed by atoms with Gasteiger partial charge in [0.2, 0.25) is 0 Å². The summed E-state index contributed by atoms with van der Waals surface area (Å²) in [5.74, 6) is -0.590. The lowest BCUT2D eigenvalue weighted by Gasteiger charge is -2.08. The van der Waals surface area contributed by atoms with Gasteiger partial charge in [0, 0.05) is 5.69 Å². The van der Waals surface area contributed by atoms with Crippen molar-refractivity contribution in [3.8, 4) is 0 Å². The molecule has 0 bridgehead atoms. The predicted octanol–water partition coefficient (Wildman–Crippen LogP) is 4.70. The number of hydrogen-bond donors (Lipinski definition) is 1. The van der Waals surface area contributed by atoms with Gasteiger partial charge in [0.1, 0.15) is 11.6 Å². The highest BCUT2D eigenvalue weighted by Gasteiger charge is 2.06. The van der Waals surface area contributed by atoms with Crippen LogP contribution >= 0.6 is 11.9 Å². The number of hydrogen-bond acceptors (Lipinski definition) is 2. The lowest BCUT2D eigenvalue weighted by Crippen LogP contribution is -1.92. The fraction of sp³-hybridized carbons (Fsp3) is 0.143. The normalized spacial score (nSPS) is 10.4. The van der Waals surface area contributed by atoms with E-state index in [-0.39, 0.29) is 11.6 Å². The molecule has 0 saturated heterocycles. The molecule has 1 nitrogen and oxygen atoms in total. The summed E-state index contributed by atoms with van der Waals surface area (Å²) in [7, 11) is 0. The van der Waals surface area contributed by atoms with Crippen molar-refractivity contribution in [2.45, 2.75) is 18.7 Å². The molecule has 2 aromatic carbocycles. The van der Waals surface area contributed by atoms with E-state index in [0.29, 0.717) is 10.6 Å². The summed E-state index contributed by atoms with van der Waals surface area (Å²) < 4.78 is 29.6. The number of aryl methyl sites for hydroxylation is 2. The minimum atomic E-state index is -0.318. The predicted molar refractivity (Wildman–Crippen MR) is 71.8 cm³/mol. The van der Waals surface area contributed by atoms with Gasteiger partial charge in [0.25, 0.3) is 0 Å². The van der Waals surface area contributed by atoms with Gasteiger partial charge in [0.05, 0.1) is 4.90 Å². The Balaban J connectivity index is 2.13. The molecule has 0 saturated carbocycles. The van der Waals surface area contributed by atoms with Crippen LogP contribution in [-0.2, 0) is 0 Å². The molecular weight excluding hydrogens is 252 g/mol. The van der Waals surface area contributed by atoms with Crippen LogP contribution in [0.25, 0.3) is 0 Å². The van der Waals surface area contributed by atoms with Gasteiger partial charge < -0.3 is 4.72 Å². The molecule has 0 fully saturated rings. The number of anilines is 1. The second kappa shape index (κ2) is 5.40. The summed E-state index contributed by atoms with van der Waals surface area (Å²) in [6.07, 6.45) is 0. The highest BCUT2D eigenvalue weighted by molar-refractivity contribution is 8.00. The average molecular weight is 265 g/mol. The lowest BCUT2D eigenvalue weighted by atomic mass is 10.1. The van der Waals surface area contributed by atoms with E-state index in [1.54, 1.807) is 18.2 Å². The first-order valence-electron chi connectivity index (χ1n) is 5.51. The zero-order valence-corrected chi connectivity index (χ0v) is 10.9. The van der Waals surface area contributed by atoms with Crippen LogP contribution < -0.4 is 4.72 Å². The summed E-state index contributed by atoms with van der Waals surface area (Å²) in [6, 6.07) is 9.36. The Bertz CT molecular complexity index is 570. The van der Waals surface area contributed by atoms with Gasteiger partial charge in [-0.25, -0.2) is 8.78 Å². The molecule has 18 heavy (non-hydrogen) atoms. The lowest BCUT2D eigenvalue weighted by molar-refractivity contribution is 0.600.